The van der Waals surface area contributed by atoms with Crippen LogP contribution in [0.2, 0.25) is 10.0 Å². The summed E-state index contributed by atoms with van der Waals surface area (Å²) >= 11 is 11.4. The summed E-state index contributed by atoms with van der Waals surface area (Å²) in [5.41, 5.74) is 5.31. The molecular formula is C14H19Cl2FN2O4. The molecule has 0 radical (unpaired) electrons. The third kappa shape index (κ3) is 6.01. The monoisotopic (exact) mass is 368 g/mol. The fourth-order valence-electron chi connectivity index (χ4n) is 1.47. The number of rotatable bonds is 9. The number of nitrogen functional groups attached to an aromatic ring is 1. The Balaban J connectivity index is 2.49. The van der Waals surface area contributed by atoms with Crippen LogP contribution in [0.4, 0.5) is 10.1 Å². The SMILES string of the molecule is CCCCOCCOC(=O)[C@@H](C)Oc1nc(F)c(Cl)c(N)c1Cl. The molecule has 1 rings (SSSR count). The highest BCUT2D eigenvalue weighted by Gasteiger charge is 2.22. The van der Waals surface area contributed by atoms with Crippen LogP contribution in [0.15, 0.2) is 0 Å². The predicted octanol–water partition coefficient (Wildman–Crippen LogP) is 3.24. The van der Waals surface area contributed by atoms with E-state index in [-0.39, 0.29) is 23.2 Å². The molecule has 2 N–H and O–H groups in total. The molecule has 0 bridgehead atoms. The third-order valence-corrected chi connectivity index (χ3v) is 3.50. The number of hydrogen-bond acceptors (Lipinski definition) is 6. The Hall–Kier alpha value is -1.31. The molecule has 0 aliphatic carbocycles. The molecule has 0 unspecified atom stereocenters. The maximum absolute atomic E-state index is 13.4. The number of pyridine rings is 1. The highest BCUT2D eigenvalue weighted by Crippen LogP contribution is 2.35. The largest absolute Gasteiger partial charge is 0.461 e. The van der Waals surface area contributed by atoms with Crippen molar-refractivity contribution in [3.05, 3.63) is 16.0 Å². The molecule has 0 saturated heterocycles. The van der Waals surface area contributed by atoms with Crippen LogP contribution in [0.5, 0.6) is 5.88 Å². The normalized spacial score (nSPS) is 12.0. The van der Waals surface area contributed by atoms with Crippen molar-refractivity contribution in [3.8, 4) is 5.88 Å². The van der Waals surface area contributed by atoms with Crippen molar-refractivity contribution in [1.29, 1.82) is 0 Å². The fraction of sp³-hybridized carbons (Fsp3) is 0.571. The lowest BCUT2D eigenvalue weighted by atomic mass is 10.4. The van der Waals surface area contributed by atoms with E-state index in [9.17, 15) is 9.18 Å². The average molecular weight is 369 g/mol. The van der Waals surface area contributed by atoms with Gasteiger partial charge in [0.1, 0.15) is 16.7 Å². The standard InChI is InChI=1S/C14H19Cl2FN2O4/c1-3-4-5-21-6-7-22-14(20)8(2)23-13-10(16)11(18)9(15)12(17)19-13/h8H,3-7H2,1-2H3,(H2,18,19)/t8-/m1/s1. The summed E-state index contributed by atoms with van der Waals surface area (Å²) in [4.78, 5) is 15.2. The smallest absolute Gasteiger partial charge is 0.347 e. The molecule has 0 aliphatic heterocycles. The first-order valence-corrected chi connectivity index (χ1v) is 7.85. The Kier molecular flexibility index (Phi) is 8.36. The van der Waals surface area contributed by atoms with E-state index >= 15 is 0 Å². The fourth-order valence-corrected chi connectivity index (χ4v) is 1.84. The molecule has 1 aromatic rings. The Bertz CT molecular complexity index is 546. The summed E-state index contributed by atoms with van der Waals surface area (Å²) < 4.78 is 28.8. The van der Waals surface area contributed by atoms with Gasteiger partial charge in [-0.1, -0.05) is 36.5 Å². The number of carbonyl (C=O) groups excluding carboxylic acids is 1. The van der Waals surface area contributed by atoms with Gasteiger partial charge in [0, 0.05) is 6.61 Å². The van der Waals surface area contributed by atoms with E-state index in [0.717, 1.165) is 12.8 Å². The zero-order chi connectivity index (χ0) is 17.4. The van der Waals surface area contributed by atoms with Gasteiger partial charge in [-0.15, -0.1) is 0 Å². The van der Waals surface area contributed by atoms with Crippen LogP contribution in [0.1, 0.15) is 26.7 Å². The van der Waals surface area contributed by atoms with E-state index in [1.807, 2.05) is 6.92 Å². The van der Waals surface area contributed by atoms with Crippen molar-refractivity contribution in [2.24, 2.45) is 0 Å². The van der Waals surface area contributed by atoms with Gasteiger partial charge in [0.2, 0.25) is 11.8 Å². The lowest BCUT2D eigenvalue weighted by molar-refractivity contribution is -0.152. The van der Waals surface area contributed by atoms with Crippen molar-refractivity contribution in [1.82, 2.24) is 4.98 Å². The van der Waals surface area contributed by atoms with Crippen LogP contribution in [0.3, 0.4) is 0 Å². The van der Waals surface area contributed by atoms with Crippen LogP contribution < -0.4 is 10.5 Å². The van der Waals surface area contributed by atoms with Crippen LogP contribution in [-0.4, -0.2) is 36.9 Å². The molecule has 130 valence electrons. The van der Waals surface area contributed by atoms with Crippen molar-refractivity contribution >= 4 is 34.9 Å². The molecule has 0 aliphatic rings. The zero-order valence-corrected chi connectivity index (χ0v) is 14.4. The number of unbranched alkanes of at least 4 members (excludes halogenated alkanes) is 1. The predicted molar refractivity (Wildman–Crippen MR) is 85.4 cm³/mol. The molecule has 1 atom stereocenters. The summed E-state index contributed by atoms with van der Waals surface area (Å²) in [5, 5.41) is -0.569. The van der Waals surface area contributed by atoms with E-state index in [1.165, 1.54) is 6.92 Å². The highest BCUT2D eigenvalue weighted by atomic mass is 35.5. The minimum absolute atomic E-state index is 0.0918. The molecule has 1 aromatic heterocycles. The lowest BCUT2D eigenvalue weighted by Crippen LogP contribution is -2.28. The second-order valence-electron chi connectivity index (χ2n) is 4.64. The van der Waals surface area contributed by atoms with Gasteiger partial charge in [0.25, 0.3) is 0 Å². The quantitative estimate of drug-likeness (QED) is 0.409. The minimum atomic E-state index is -1.05. The number of aromatic nitrogens is 1. The van der Waals surface area contributed by atoms with Crippen LogP contribution in [-0.2, 0) is 14.3 Å². The van der Waals surface area contributed by atoms with E-state index in [1.54, 1.807) is 0 Å². The summed E-state index contributed by atoms with van der Waals surface area (Å²) in [6, 6.07) is 0. The Morgan fingerprint density at radius 3 is 2.65 bits per heavy atom. The Morgan fingerprint density at radius 2 is 2.00 bits per heavy atom. The summed E-state index contributed by atoms with van der Waals surface area (Å²) in [6.45, 7) is 4.46. The molecule has 0 aromatic carbocycles. The van der Waals surface area contributed by atoms with Crippen molar-refractivity contribution in [2.45, 2.75) is 32.8 Å². The lowest BCUT2D eigenvalue weighted by Gasteiger charge is -2.15. The van der Waals surface area contributed by atoms with Gasteiger partial charge >= 0.3 is 5.97 Å². The van der Waals surface area contributed by atoms with Gasteiger partial charge in [0.15, 0.2) is 6.10 Å². The van der Waals surface area contributed by atoms with Gasteiger partial charge in [-0.3, -0.25) is 0 Å². The molecule has 23 heavy (non-hydrogen) atoms. The highest BCUT2D eigenvalue weighted by molar-refractivity contribution is 6.39. The molecular weight excluding hydrogens is 350 g/mol. The first-order valence-electron chi connectivity index (χ1n) is 7.09. The number of nitrogens with zero attached hydrogens (tertiary/aromatic N) is 1. The third-order valence-electron chi connectivity index (χ3n) is 2.78. The second-order valence-corrected chi connectivity index (χ2v) is 5.40. The van der Waals surface area contributed by atoms with Gasteiger partial charge in [-0.05, 0) is 13.3 Å². The molecule has 0 saturated carbocycles. The summed E-state index contributed by atoms with van der Waals surface area (Å²) in [7, 11) is 0. The number of carbonyl (C=O) groups is 1. The van der Waals surface area contributed by atoms with Crippen molar-refractivity contribution < 1.29 is 23.4 Å². The topological polar surface area (TPSA) is 83.7 Å². The number of esters is 1. The summed E-state index contributed by atoms with van der Waals surface area (Å²) in [5.74, 6) is -2.01. The number of anilines is 1. The van der Waals surface area contributed by atoms with Crippen LogP contribution >= 0.6 is 23.2 Å². The van der Waals surface area contributed by atoms with Gasteiger partial charge in [-0.25, -0.2) is 4.79 Å². The van der Waals surface area contributed by atoms with Crippen molar-refractivity contribution in [2.75, 3.05) is 25.6 Å². The molecule has 0 spiro atoms. The molecule has 0 amide bonds. The summed E-state index contributed by atoms with van der Waals surface area (Å²) in [6.07, 6.45) is 0.927. The van der Waals surface area contributed by atoms with Crippen LogP contribution in [0.25, 0.3) is 0 Å². The number of ether oxygens (including phenoxy) is 3. The number of hydrogen-bond donors (Lipinski definition) is 1. The first kappa shape index (κ1) is 19.7. The number of nitrogens with two attached hydrogens (primary N) is 1. The molecule has 0 fully saturated rings. The van der Waals surface area contributed by atoms with E-state index in [0.29, 0.717) is 13.2 Å². The second kappa shape index (κ2) is 9.75. The molecule has 6 nitrogen and oxygen atoms in total. The van der Waals surface area contributed by atoms with E-state index in [4.69, 9.17) is 43.1 Å². The van der Waals surface area contributed by atoms with Crippen LogP contribution in [0, 0.1) is 5.95 Å². The van der Waals surface area contributed by atoms with Gasteiger partial charge in [-0.2, -0.15) is 9.37 Å². The average Bonchev–Trinajstić information content (AvgIpc) is 2.53. The van der Waals surface area contributed by atoms with E-state index < -0.39 is 23.0 Å². The van der Waals surface area contributed by atoms with Crippen molar-refractivity contribution in [3.63, 3.8) is 0 Å². The van der Waals surface area contributed by atoms with Gasteiger partial charge < -0.3 is 19.9 Å². The Labute approximate surface area is 144 Å². The first-order chi connectivity index (χ1) is 10.9. The van der Waals surface area contributed by atoms with E-state index in [2.05, 4.69) is 4.98 Å². The number of halogens is 3. The zero-order valence-electron chi connectivity index (χ0n) is 12.9. The van der Waals surface area contributed by atoms with Gasteiger partial charge in [0.05, 0.1) is 12.3 Å². The molecule has 1 heterocycles. The molecule has 9 heteroatoms. The maximum Gasteiger partial charge on any atom is 0.347 e. The minimum Gasteiger partial charge on any atom is -0.461 e. The Morgan fingerprint density at radius 1 is 1.30 bits per heavy atom. The maximum atomic E-state index is 13.4.